The minimum absolute atomic E-state index is 0.204. The Morgan fingerprint density at radius 3 is 2.38 bits per heavy atom. The SMILES string of the molecule is CCC(C)[P+](=O)OC. The quantitative estimate of drug-likeness (QED) is 0.554. The molecule has 0 aliphatic heterocycles. The summed E-state index contributed by atoms with van der Waals surface area (Å²) >= 11 is 0. The van der Waals surface area contributed by atoms with Crippen molar-refractivity contribution in [2.75, 3.05) is 7.11 Å². The van der Waals surface area contributed by atoms with Crippen LogP contribution in [0.4, 0.5) is 0 Å². The van der Waals surface area contributed by atoms with Crippen molar-refractivity contribution in [1.82, 2.24) is 0 Å². The molecule has 0 rings (SSSR count). The summed E-state index contributed by atoms with van der Waals surface area (Å²) in [6.45, 7) is 3.92. The molecule has 2 atom stereocenters. The molecular weight excluding hydrogens is 123 g/mol. The third kappa shape index (κ3) is 2.39. The zero-order chi connectivity index (χ0) is 6.57. The number of hydrogen-bond donors (Lipinski definition) is 0. The molecule has 0 amide bonds. The highest BCUT2D eigenvalue weighted by atomic mass is 31.1. The first-order valence-corrected chi connectivity index (χ1v) is 3.97. The maximum absolute atomic E-state index is 10.7. The third-order valence-corrected chi connectivity index (χ3v) is 2.58. The van der Waals surface area contributed by atoms with E-state index in [1.807, 2.05) is 13.8 Å². The fourth-order valence-electron chi connectivity index (χ4n) is 0.329. The molecular formula is C5H12O2P+. The van der Waals surface area contributed by atoms with Gasteiger partial charge in [0.25, 0.3) is 0 Å². The lowest BCUT2D eigenvalue weighted by Crippen LogP contribution is -1.91. The summed E-state index contributed by atoms with van der Waals surface area (Å²) in [5, 5.41) is 0. The lowest BCUT2D eigenvalue weighted by Gasteiger charge is -1.88. The Balaban J connectivity index is 3.46. The van der Waals surface area contributed by atoms with Crippen LogP contribution in [0.3, 0.4) is 0 Å². The minimum atomic E-state index is -1.39. The highest BCUT2D eigenvalue weighted by Crippen LogP contribution is 2.29. The van der Waals surface area contributed by atoms with Crippen molar-refractivity contribution in [1.29, 1.82) is 0 Å². The van der Waals surface area contributed by atoms with Crippen molar-refractivity contribution < 1.29 is 9.09 Å². The van der Waals surface area contributed by atoms with Gasteiger partial charge >= 0.3 is 8.03 Å². The van der Waals surface area contributed by atoms with Crippen LogP contribution in [0, 0.1) is 0 Å². The van der Waals surface area contributed by atoms with Gasteiger partial charge in [-0.05, 0) is 17.9 Å². The molecule has 0 fully saturated rings. The van der Waals surface area contributed by atoms with E-state index in [4.69, 9.17) is 0 Å². The maximum atomic E-state index is 10.7. The van der Waals surface area contributed by atoms with E-state index in [1.54, 1.807) is 0 Å². The van der Waals surface area contributed by atoms with Crippen molar-refractivity contribution in [2.24, 2.45) is 0 Å². The first kappa shape index (κ1) is 8.06. The van der Waals surface area contributed by atoms with Gasteiger partial charge in [0, 0.05) is 0 Å². The molecule has 3 heteroatoms. The Labute approximate surface area is 51.1 Å². The van der Waals surface area contributed by atoms with Gasteiger partial charge in [-0.25, -0.2) is 0 Å². The molecule has 0 spiro atoms. The van der Waals surface area contributed by atoms with Gasteiger partial charge in [-0.3, -0.25) is 0 Å². The van der Waals surface area contributed by atoms with Crippen LogP contribution < -0.4 is 0 Å². The molecule has 0 N–H and O–H groups in total. The summed E-state index contributed by atoms with van der Waals surface area (Å²) in [5.41, 5.74) is 0.204. The predicted molar refractivity (Wildman–Crippen MR) is 34.4 cm³/mol. The van der Waals surface area contributed by atoms with Crippen LogP contribution in [0.2, 0.25) is 0 Å². The molecule has 48 valence electrons. The van der Waals surface area contributed by atoms with Crippen molar-refractivity contribution in [3.05, 3.63) is 0 Å². The fourth-order valence-corrected chi connectivity index (χ4v) is 0.987. The largest absolute Gasteiger partial charge is 0.510 e. The Hall–Kier alpha value is 0.0600. The van der Waals surface area contributed by atoms with E-state index in [0.717, 1.165) is 6.42 Å². The number of hydrogen-bond acceptors (Lipinski definition) is 2. The van der Waals surface area contributed by atoms with Crippen LogP contribution in [0.15, 0.2) is 0 Å². The van der Waals surface area contributed by atoms with E-state index in [0.29, 0.717) is 0 Å². The summed E-state index contributed by atoms with van der Waals surface area (Å²) in [6.07, 6.45) is 0.920. The van der Waals surface area contributed by atoms with E-state index in [9.17, 15) is 4.57 Å². The van der Waals surface area contributed by atoms with Gasteiger partial charge in [-0.15, -0.1) is 4.52 Å². The van der Waals surface area contributed by atoms with Gasteiger partial charge in [-0.2, -0.15) is 0 Å². The lowest BCUT2D eigenvalue weighted by molar-refractivity contribution is 0.405. The van der Waals surface area contributed by atoms with E-state index in [2.05, 4.69) is 4.52 Å². The minimum Gasteiger partial charge on any atom is -0.149 e. The highest BCUT2D eigenvalue weighted by molar-refractivity contribution is 7.39. The normalized spacial score (nSPS) is 15.6. The Morgan fingerprint density at radius 2 is 2.25 bits per heavy atom. The molecule has 0 bridgehead atoms. The Morgan fingerprint density at radius 1 is 1.75 bits per heavy atom. The second kappa shape index (κ2) is 3.99. The second-order valence-electron chi connectivity index (χ2n) is 1.73. The molecule has 2 nitrogen and oxygen atoms in total. The molecule has 0 aliphatic rings. The average molecular weight is 135 g/mol. The van der Waals surface area contributed by atoms with Gasteiger partial charge in [-0.1, -0.05) is 6.92 Å². The third-order valence-electron chi connectivity index (χ3n) is 1.13. The first-order valence-electron chi connectivity index (χ1n) is 2.72. The molecule has 8 heavy (non-hydrogen) atoms. The number of rotatable bonds is 3. The second-order valence-corrected chi connectivity index (χ2v) is 3.54. The average Bonchev–Trinajstić information content (AvgIpc) is 1.84. The van der Waals surface area contributed by atoms with Gasteiger partial charge in [0.1, 0.15) is 0 Å². The topological polar surface area (TPSA) is 26.3 Å². The highest BCUT2D eigenvalue weighted by Gasteiger charge is 2.23. The Bertz CT molecular complexity index is 82.5. The molecule has 0 aromatic rings. The summed E-state index contributed by atoms with van der Waals surface area (Å²) in [6, 6.07) is 0. The van der Waals surface area contributed by atoms with Gasteiger partial charge in [0.2, 0.25) is 0 Å². The molecule has 0 aromatic heterocycles. The Kier molecular flexibility index (Phi) is 4.02. The van der Waals surface area contributed by atoms with Crippen LogP contribution in [0.5, 0.6) is 0 Å². The molecule has 0 heterocycles. The van der Waals surface area contributed by atoms with Gasteiger partial charge in [0.15, 0.2) is 5.66 Å². The van der Waals surface area contributed by atoms with Crippen molar-refractivity contribution in [3.63, 3.8) is 0 Å². The molecule has 0 radical (unpaired) electrons. The standard InChI is InChI=1S/C5H12O2P/c1-4-5(2)8(6)7-3/h5H,4H2,1-3H3/q+1. The maximum Gasteiger partial charge on any atom is 0.510 e. The monoisotopic (exact) mass is 135 g/mol. The molecule has 2 unspecified atom stereocenters. The molecule has 0 saturated heterocycles. The summed E-state index contributed by atoms with van der Waals surface area (Å²) < 4.78 is 15.3. The zero-order valence-electron chi connectivity index (χ0n) is 5.55. The zero-order valence-corrected chi connectivity index (χ0v) is 6.44. The fraction of sp³-hybridized carbons (Fsp3) is 1.00. The molecule has 0 saturated carbocycles. The van der Waals surface area contributed by atoms with Crippen LogP contribution in [-0.2, 0) is 9.09 Å². The summed E-state index contributed by atoms with van der Waals surface area (Å²) in [4.78, 5) is 0. The van der Waals surface area contributed by atoms with E-state index >= 15 is 0 Å². The molecule has 0 aliphatic carbocycles. The summed E-state index contributed by atoms with van der Waals surface area (Å²) in [7, 11) is 0.0874. The van der Waals surface area contributed by atoms with E-state index in [1.165, 1.54) is 7.11 Å². The van der Waals surface area contributed by atoms with Gasteiger partial charge in [0.05, 0.1) is 7.11 Å². The van der Waals surface area contributed by atoms with Crippen LogP contribution >= 0.6 is 8.03 Å². The first-order chi connectivity index (χ1) is 3.72. The van der Waals surface area contributed by atoms with Crippen LogP contribution in [0.25, 0.3) is 0 Å². The molecule has 0 aromatic carbocycles. The lowest BCUT2D eigenvalue weighted by atomic mass is 10.4. The summed E-state index contributed by atoms with van der Waals surface area (Å²) in [5.74, 6) is 0. The van der Waals surface area contributed by atoms with Crippen molar-refractivity contribution in [2.45, 2.75) is 25.9 Å². The van der Waals surface area contributed by atoms with Gasteiger partial charge < -0.3 is 0 Å². The van der Waals surface area contributed by atoms with Crippen molar-refractivity contribution in [3.8, 4) is 0 Å². The smallest absolute Gasteiger partial charge is 0.149 e. The van der Waals surface area contributed by atoms with E-state index in [-0.39, 0.29) is 5.66 Å². The van der Waals surface area contributed by atoms with E-state index < -0.39 is 8.03 Å². The van der Waals surface area contributed by atoms with Crippen molar-refractivity contribution >= 4 is 8.03 Å². The van der Waals surface area contributed by atoms with Crippen LogP contribution in [0.1, 0.15) is 20.3 Å². The predicted octanol–water partition coefficient (Wildman–Crippen LogP) is 2.17. The van der Waals surface area contributed by atoms with Crippen LogP contribution in [-0.4, -0.2) is 12.8 Å².